The fraction of sp³-hybridized carbons (Fsp3) is 0.0233. The van der Waals surface area contributed by atoms with Crippen LogP contribution in [-0.4, -0.2) is 5.11 Å². The quantitative estimate of drug-likeness (QED) is 0.156. The molecule has 6 heterocycles. The number of benzene rings is 2. The summed E-state index contributed by atoms with van der Waals surface area (Å²) >= 11 is 10.6. The van der Waals surface area contributed by atoms with E-state index in [0.717, 1.165) is 20.9 Å². The maximum atomic E-state index is 12.8. The van der Waals surface area contributed by atoms with E-state index >= 15 is 0 Å². The number of aliphatic hydroxyl groups is 1. The molecule has 8 aromatic rings. The van der Waals surface area contributed by atoms with Gasteiger partial charge in [0.2, 0.25) is 0 Å². The fourth-order valence-electron chi connectivity index (χ4n) is 6.62. The number of hydrogen-bond acceptors (Lipinski definition) is 7. The Kier molecular flexibility index (Phi) is 8.58. The topological polar surface area (TPSA) is 20.2 Å². The predicted octanol–water partition coefficient (Wildman–Crippen LogP) is 13.2. The largest absolute Gasteiger partial charge is 0.375 e. The van der Waals surface area contributed by atoms with Crippen molar-refractivity contribution in [1.82, 2.24) is 0 Å². The second kappa shape index (κ2) is 13.5. The first kappa shape index (κ1) is 31.8. The molecule has 0 spiro atoms. The normalized spacial score (nSPS) is 12.8. The van der Waals surface area contributed by atoms with Gasteiger partial charge in [0.05, 0.1) is 0 Å². The Morgan fingerprint density at radius 3 is 1.02 bits per heavy atom. The first-order chi connectivity index (χ1) is 24.7. The van der Waals surface area contributed by atoms with Crippen molar-refractivity contribution in [3.63, 3.8) is 0 Å². The van der Waals surface area contributed by atoms with E-state index in [1.54, 1.807) is 68.0 Å². The molecule has 1 nitrogen and oxygen atoms in total. The van der Waals surface area contributed by atoms with Crippen LogP contribution in [0.2, 0.25) is 0 Å². The molecule has 1 aliphatic rings. The van der Waals surface area contributed by atoms with Gasteiger partial charge in [-0.3, -0.25) is 0 Å². The van der Waals surface area contributed by atoms with E-state index in [1.807, 2.05) is 60.7 Å². The van der Waals surface area contributed by atoms with Crippen molar-refractivity contribution in [1.29, 1.82) is 0 Å². The third-order valence-corrected chi connectivity index (χ3v) is 14.5. The SMILES string of the molecule is OC(c1ccccc1)(c1ccccc1)c1ccc(C(=C2C(=C(c3cccs3)c3cccs3)C2=C(c2cccs2)c2cccs2)c2cccs2)s1. The lowest BCUT2D eigenvalue weighted by molar-refractivity contribution is 0.129. The average molecular weight is 753 g/mol. The second-order valence-electron chi connectivity index (χ2n) is 11.7. The zero-order valence-electron chi connectivity index (χ0n) is 26.5. The van der Waals surface area contributed by atoms with Crippen molar-refractivity contribution in [3.05, 3.63) is 222 Å². The van der Waals surface area contributed by atoms with E-state index in [9.17, 15) is 5.11 Å². The summed E-state index contributed by atoms with van der Waals surface area (Å²) in [5, 5.41) is 23.7. The molecule has 0 unspecified atom stereocenters. The van der Waals surface area contributed by atoms with Crippen LogP contribution in [-0.2, 0) is 5.60 Å². The van der Waals surface area contributed by atoms with Gasteiger partial charge in [0, 0.05) is 67.6 Å². The van der Waals surface area contributed by atoms with Crippen molar-refractivity contribution >= 4 is 84.7 Å². The maximum absolute atomic E-state index is 12.8. The highest BCUT2D eigenvalue weighted by Gasteiger charge is 2.43. The van der Waals surface area contributed by atoms with Gasteiger partial charge < -0.3 is 5.11 Å². The molecular weight excluding hydrogens is 725 g/mol. The monoisotopic (exact) mass is 752 g/mol. The highest BCUT2D eigenvalue weighted by atomic mass is 32.1. The number of rotatable bonds is 9. The molecule has 0 aliphatic heterocycles. The lowest BCUT2D eigenvalue weighted by atomic mass is 9.85. The number of allylic oxidation sites excluding steroid dienone is 3. The van der Waals surface area contributed by atoms with E-state index in [4.69, 9.17) is 0 Å². The first-order valence-electron chi connectivity index (χ1n) is 16.1. The molecule has 9 rings (SSSR count). The molecule has 6 aromatic heterocycles. The molecule has 1 N–H and O–H groups in total. The summed E-state index contributed by atoms with van der Waals surface area (Å²) in [4.78, 5) is 8.34. The molecule has 1 fully saturated rings. The Labute approximate surface area is 315 Å². The van der Waals surface area contributed by atoms with Crippen LogP contribution in [0.4, 0.5) is 0 Å². The zero-order chi connectivity index (χ0) is 33.5. The number of thiophene rings is 6. The van der Waals surface area contributed by atoms with Gasteiger partial charge in [-0.15, -0.1) is 68.0 Å². The van der Waals surface area contributed by atoms with E-state index in [2.05, 4.69) is 99.7 Å². The fourth-order valence-corrected chi connectivity index (χ4v) is 12.0. The summed E-state index contributed by atoms with van der Waals surface area (Å²) < 4.78 is 0. The van der Waals surface area contributed by atoms with Crippen LogP contribution in [0.25, 0.3) is 16.7 Å². The van der Waals surface area contributed by atoms with Gasteiger partial charge in [-0.1, -0.05) is 91.0 Å². The number of hydrogen-bond donors (Lipinski definition) is 1. The standard InChI is InChI=1S/C43H28OS6/c44-43(28-12-3-1-4-13-28,29-14-5-2-6-15-29)36-22-21-35(50-36)39(34-20-11-27-49-34)42-40(37(30-16-7-23-45-30)31-17-8-24-46-31)41(42)38(32-18-9-25-47-32)33-19-10-26-48-33/h1-27,44H. The summed E-state index contributed by atoms with van der Waals surface area (Å²) in [5.74, 6) is 0. The van der Waals surface area contributed by atoms with Crippen molar-refractivity contribution in [2.45, 2.75) is 5.60 Å². The van der Waals surface area contributed by atoms with Gasteiger partial charge in [0.1, 0.15) is 5.60 Å². The maximum Gasteiger partial charge on any atom is 0.149 e. The summed E-state index contributed by atoms with van der Waals surface area (Å²) in [6.45, 7) is 0. The van der Waals surface area contributed by atoms with Crippen LogP contribution in [0.5, 0.6) is 0 Å². The summed E-state index contributed by atoms with van der Waals surface area (Å²) in [6, 6.07) is 46.5. The molecule has 50 heavy (non-hydrogen) atoms. The molecule has 0 atom stereocenters. The van der Waals surface area contributed by atoms with Crippen molar-refractivity contribution < 1.29 is 5.11 Å². The molecule has 1 aliphatic carbocycles. The third-order valence-electron chi connectivity index (χ3n) is 8.87. The van der Waals surface area contributed by atoms with Crippen molar-refractivity contribution in [2.24, 2.45) is 0 Å². The molecule has 0 amide bonds. The van der Waals surface area contributed by atoms with Crippen LogP contribution in [0.15, 0.2) is 177 Å². The minimum absolute atomic E-state index is 0.855. The minimum Gasteiger partial charge on any atom is -0.375 e. The Hall–Kier alpha value is -4.18. The Balaban J connectivity index is 1.36. The van der Waals surface area contributed by atoms with E-state index in [1.165, 1.54) is 57.8 Å². The summed E-state index contributed by atoms with van der Waals surface area (Å²) in [6.07, 6.45) is 0. The average Bonchev–Trinajstić information content (AvgIpc) is 3.97. The van der Waals surface area contributed by atoms with Crippen LogP contribution < -0.4 is 0 Å². The second-order valence-corrected chi connectivity index (χ2v) is 17.6. The highest BCUT2D eigenvalue weighted by Crippen LogP contribution is 2.61. The van der Waals surface area contributed by atoms with Gasteiger partial charge in [0.15, 0.2) is 0 Å². The Morgan fingerprint density at radius 1 is 0.360 bits per heavy atom. The van der Waals surface area contributed by atoms with Crippen molar-refractivity contribution in [2.75, 3.05) is 0 Å². The molecule has 2 aromatic carbocycles. The van der Waals surface area contributed by atoms with E-state index < -0.39 is 5.60 Å². The molecule has 242 valence electrons. The van der Waals surface area contributed by atoms with Crippen LogP contribution in [0, 0.1) is 0 Å². The van der Waals surface area contributed by atoms with Gasteiger partial charge >= 0.3 is 0 Å². The minimum atomic E-state index is -1.30. The van der Waals surface area contributed by atoms with E-state index in [0.29, 0.717) is 0 Å². The van der Waals surface area contributed by atoms with Gasteiger partial charge in [-0.2, -0.15) is 0 Å². The molecule has 0 saturated heterocycles. The summed E-state index contributed by atoms with van der Waals surface area (Å²) in [5.41, 5.74) is 8.13. The predicted molar refractivity (Wildman–Crippen MR) is 219 cm³/mol. The van der Waals surface area contributed by atoms with Gasteiger partial charge in [-0.25, -0.2) is 0 Å². The van der Waals surface area contributed by atoms with Crippen LogP contribution in [0.1, 0.15) is 45.3 Å². The Bertz CT molecular complexity index is 2230. The zero-order valence-corrected chi connectivity index (χ0v) is 31.4. The summed E-state index contributed by atoms with van der Waals surface area (Å²) in [7, 11) is 0. The Morgan fingerprint density at radius 2 is 0.700 bits per heavy atom. The third kappa shape index (κ3) is 5.60. The lowest BCUT2D eigenvalue weighted by Gasteiger charge is -2.28. The van der Waals surface area contributed by atoms with Gasteiger partial charge in [0.25, 0.3) is 0 Å². The molecule has 0 radical (unpaired) electrons. The van der Waals surface area contributed by atoms with Crippen LogP contribution in [0.3, 0.4) is 0 Å². The first-order valence-corrected chi connectivity index (χ1v) is 21.3. The molecule has 7 heteroatoms. The van der Waals surface area contributed by atoms with E-state index in [-0.39, 0.29) is 0 Å². The molecule has 0 bridgehead atoms. The van der Waals surface area contributed by atoms with Crippen LogP contribution >= 0.6 is 68.0 Å². The lowest BCUT2D eigenvalue weighted by Crippen LogP contribution is -2.27. The highest BCUT2D eigenvalue weighted by molar-refractivity contribution is 7.16. The van der Waals surface area contributed by atoms with Gasteiger partial charge in [-0.05, 0) is 80.5 Å². The molecule has 1 saturated carbocycles. The molecular formula is C43H28OS6. The van der Waals surface area contributed by atoms with Crippen molar-refractivity contribution in [3.8, 4) is 0 Å². The smallest absolute Gasteiger partial charge is 0.149 e.